The summed E-state index contributed by atoms with van der Waals surface area (Å²) in [5.74, 6) is -0.899. The van der Waals surface area contributed by atoms with Gasteiger partial charge in [-0.05, 0) is 60.0 Å². The van der Waals surface area contributed by atoms with Gasteiger partial charge >= 0.3 is 5.97 Å². The summed E-state index contributed by atoms with van der Waals surface area (Å²) in [6.45, 7) is 3.09. The van der Waals surface area contributed by atoms with Crippen LogP contribution in [0.4, 0.5) is 0 Å². The van der Waals surface area contributed by atoms with Crippen LogP contribution in [-0.2, 0) is 4.79 Å². The van der Waals surface area contributed by atoms with Crippen LogP contribution in [0.15, 0.2) is 48.5 Å². The van der Waals surface area contributed by atoms with E-state index in [9.17, 15) is 25.2 Å². The van der Waals surface area contributed by atoms with E-state index in [-0.39, 0.29) is 34.8 Å². The Kier molecular flexibility index (Phi) is 5.09. The molecule has 4 N–H and O–H groups in total. The van der Waals surface area contributed by atoms with Gasteiger partial charge in [0.25, 0.3) is 0 Å². The molecule has 4 aromatic rings. The van der Waals surface area contributed by atoms with Gasteiger partial charge in [-0.2, -0.15) is 0 Å². The van der Waals surface area contributed by atoms with Crippen LogP contribution >= 0.6 is 0 Å². The Morgan fingerprint density at radius 1 is 0.943 bits per heavy atom. The van der Waals surface area contributed by atoms with Crippen LogP contribution in [0.2, 0.25) is 0 Å². The highest BCUT2D eigenvalue weighted by atomic mass is 16.5. The predicted octanol–water partition coefficient (Wildman–Crippen LogP) is 2.63. The topological polar surface area (TPSA) is 115 Å². The third-order valence-electron chi connectivity index (χ3n) is 6.27. The van der Waals surface area contributed by atoms with Crippen molar-refractivity contribution in [3.8, 4) is 28.7 Å². The first-order chi connectivity index (χ1) is 16.6. The zero-order valence-corrected chi connectivity index (χ0v) is 19.4. The minimum absolute atomic E-state index is 0.0540. The highest BCUT2D eigenvalue weighted by Crippen LogP contribution is 2.34. The third-order valence-corrected chi connectivity index (χ3v) is 6.27. The minimum Gasteiger partial charge on any atom is -0.508 e. The molecule has 1 aliphatic rings. The van der Waals surface area contributed by atoms with E-state index >= 15 is 0 Å². The number of phenols is 4. The van der Waals surface area contributed by atoms with Gasteiger partial charge in [-0.15, -0.1) is 0 Å². The maximum atomic E-state index is 11.6. The summed E-state index contributed by atoms with van der Waals surface area (Å²) in [6, 6.07) is 13.0. The number of nitrogens with zero attached hydrogens (tertiary/aromatic N) is 2. The Morgan fingerprint density at radius 3 is 2.40 bits per heavy atom. The molecule has 0 bridgehead atoms. The van der Waals surface area contributed by atoms with Crippen molar-refractivity contribution >= 4 is 29.0 Å². The summed E-state index contributed by atoms with van der Waals surface area (Å²) in [7, 11) is 1.87. The molecule has 3 aromatic carbocycles. The van der Waals surface area contributed by atoms with E-state index in [4.69, 9.17) is 4.74 Å². The number of hydrogen-bond acceptors (Lipinski definition) is 7. The Balaban J connectivity index is 1.81. The number of ether oxygens (including phenoxy) is 1. The number of aromatic nitrogens is 1. The Labute approximate surface area is 200 Å². The number of phenolic OH excluding ortho intramolecular Hbond substituents is 4. The molecule has 0 radical (unpaired) electrons. The van der Waals surface area contributed by atoms with Gasteiger partial charge in [-0.3, -0.25) is 9.47 Å². The number of fused-ring (bicyclic) bond motifs is 3. The quantitative estimate of drug-likeness (QED) is 0.206. The monoisotopic (exact) mass is 472 g/mol. The first-order valence-corrected chi connectivity index (χ1v) is 11.0. The molecule has 0 spiro atoms. The molecule has 0 amide bonds. The average molecular weight is 472 g/mol. The van der Waals surface area contributed by atoms with Crippen LogP contribution in [0.1, 0.15) is 29.7 Å². The lowest BCUT2D eigenvalue weighted by atomic mass is 10.0. The Hall–Kier alpha value is -4.59. The molecule has 8 heteroatoms. The van der Waals surface area contributed by atoms with E-state index in [1.807, 2.05) is 47.9 Å². The fraction of sp³-hybridized carbons (Fsp3) is 0.148. The molecule has 1 atom stereocenters. The van der Waals surface area contributed by atoms with Crippen LogP contribution in [0, 0.1) is 6.92 Å². The van der Waals surface area contributed by atoms with Crippen LogP contribution in [0.25, 0.3) is 23.1 Å². The number of aromatic hydroxyl groups is 4. The number of hydrogen-bond donors (Lipinski definition) is 4. The molecule has 5 rings (SSSR count). The fourth-order valence-electron chi connectivity index (χ4n) is 4.52. The molecule has 2 heterocycles. The molecule has 1 unspecified atom stereocenters. The Bertz CT molecular complexity index is 1640. The standard InChI is InChI=1S/C27H24N2O6/c1-14-4-5-16(9-24(14)32)8-18-19-11-27(35-15(2)30)26(34)13-22(19)29-21(18)12-20(28(29)3)17-6-7-23(31)25(33)10-17/h4-13,20,31-34H,1-3H3/b18-8-. The van der Waals surface area contributed by atoms with Crippen molar-refractivity contribution in [3.63, 3.8) is 0 Å². The molecule has 0 fully saturated rings. The second kappa shape index (κ2) is 8.02. The number of carbonyl (C=O) groups excluding carboxylic acids is 1. The summed E-state index contributed by atoms with van der Waals surface area (Å²) in [5, 5.41) is 44.8. The maximum absolute atomic E-state index is 11.6. The molecule has 0 aliphatic carbocycles. The molecule has 35 heavy (non-hydrogen) atoms. The molecular weight excluding hydrogens is 448 g/mol. The number of rotatable bonds is 3. The highest BCUT2D eigenvalue weighted by molar-refractivity contribution is 5.88. The van der Waals surface area contributed by atoms with Crippen molar-refractivity contribution in [2.75, 3.05) is 12.1 Å². The summed E-state index contributed by atoms with van der Waals surface area (Å²) < 4.78 is 7.14. The predicted molar refractivity (Wildman–Crippen MR) is 132 cm³/mol. The van der Waals surface area contributed by atoms with Crippen molar-refractivity contribution in [1.82, 2.24) is 4.68 Å². The molecule has 178 valence electrons. The molecule has 8 nitrogen and oxygen atoms in total. The zero-order chi connectivity index (χ0) is 25.0. The Morgan fingerprint density at radius 2 is 1.71 bits per heavy atom. The third kappa shape index (κ3) is 3.69. The smallest absolute Gasteiger partial charge is 0.308 e. The summed E-state index contributed by atoms with van der Waals surface area (Å²) in [5.41, 5.74) is 2.97. The largest absolute Gasteiger partial charge is 0.508 e. The lowest BCUT2D eigenvalue weighted by Gasteiger charge is -2.25. The van der Waals surface area contributed by atoms with Gasteiger partial charge in [0.1, 0.15) is 5.75 Å². The van der Waals surface area contributed by atoms with Gasteiger partial charge < -0.3 is 30.2 Å². The fourth-order valence-corrected chi connectivity index (χ4v) is 4.52. The van der Waals surface area contributed by atoms with Crippen LogP contribution < -0.4 is 20.3 Å². The van der Waals surface area contributed by atoms with Gasteiger partial charge in [-0.25, -0.2) is 0 Å². The van der Waals surface area contributed by atoms with E-state index in [2.05, 4.69) is 0 Å². The van der Waals surface area contributed by atoms with Gasteiger partial charge in [0.15, 0.2) is 23.0 Å². The van der Waals surface area contributed by atoms with E-state index in [1.54, 1.807) is 24.3 Å². The van der Waals surface area contributed by atoms with Crippen molar-refractivity contribution < 1.29 is 30.0 Å². The van der Waals surface area contributed by atoms with Crippen LogP contribution in [0.5, 0.6) is 28.7 Å². The molecule has 1 aliphatic heterocycles. The van der Waals surface area contributed by atoms with E-state index in [1.165, 1.54) is 19.1 Å². The van der Waals surface area contributed by atoms with E-state index in [0.29, 0.717) is 5.52 Å². The number of esters is 1. The number of aryl methyl sites for hydroxylation is 1. The van der Waals surface area contributed by atoms with E-state index in [0.717, 1.165) is 32.6 Å². The molecular formula is C27H24N2O6. The van der Waals surface area contributed by atoms with Crippen molar-refractivity contribution in [2.45, 2.75) is 19.9 Å². The lowest BCUT2D eigenvalue weighted by Crippen LogP contribution is -2.35. The minimum atomic E-state index is -0.545. The molecule has 0 saturated heterocycles. The van der Waals surface area contributed by atoms with Gasteiger partial charge in [0, 0.05) is 30.6 Å². The highest BCUT2D eigenvalue weighted by Gasteiger charge is 2.27. The zero-order valence-electron chi connectivity index (χ0n) is 19.4. The van der Waals surface area contributed by atoms with Gasteiger partial charge in [0.2, 0.25) is 0 Å². The molecule has 0 saturated carbocycles. The SMILES string of the molecule is CC(=O)Oc1cc2/c(=C/c3ccc(C)c(O)c3)c3n(c2cc1O)N(C)C(c1ccc(O)c(O)c1)C=3. The van der Waals surface area contributed by atoms with Crippen molar-refractivity contribution in [2.24, 2.45) is 0 Å². The number of benzene rings is 3. The molecule has 1 aromatic heterocycles. The second-order valence-electron chi connectivity index (χ2n) is 8.67. The van der Waals surface area contributed by atoms with Gasteiger partial charge in [-0.1, -0.05) is 18.2 Å². The summed E-state index contributed by atoms with van der Waals surface area (Å²) >= 11 is 0. The van der Waals surface area contributed by atoms with Crippen molar-refractivity contribution in [3.05, 3.63) is 75.8 Å². The van der Waals surface area contributed by atoms with Crippen molar-refractivity contribution in [1.29, 1.82) is 0 Å². The normalized spacial score (nSPS) is 15.3. The summed E-state index contributed by atoms with van der Waals surface area (Å²) in [6.07, 6.45) is 3.93. The van der Waals surface area contributed by atoms with Gasteiger partial charge in [0.05, 0.1) is 16.9 Å². The number of carbonyl (C=O) groups is 1. The summed E-state index contributed by atoms with van der Waals surface area (Å²) in [4.78, 5) is 11.6. The lowest BCUT2D eigenvalue weighted by molar-refractivity contribution is -0.132. The first-order valence-electron chi connectivity index (χ1n) is 11.0. The van der Waals surface area contributed by atoms with Crippen LogP contribution in [0.3, 0.4) is 0 Å². The maximum Gasteiger partial charge on any atom is 0.308 e. The van der Waals surface area contributed by atoms with E-state index < -0.39 is 5.97 Å². The second-order valence-corrected chi connectivity index (χ2v) is 8.67. The van der Waals surface area contributed by atoms with Crippen LogP contribution in [-0.4, -0.2) is 38.1 Å². The first kappa shape index (κ1) is 22.2. The average Bonchev–Trinajstić information content (AvgIpc) is 3.28.